The Morgan fingerprint density at radius 1 is 1.47 bits per heavy atom. The number of hydrogen-bond acceptors (Lipinski definition) is 2. The normalized spacial score (nSPS) is 19.7. The van der Waals surface area contributed by atoms with Crippen molar-refractivity contribution in [1.82, 2.24) is 5.32 Å². The molecular formula is C11H13ClFNO. The van der Waals surface area contributed by atoms with E-state index in [2.05, 4.69) is 5.32 Å². The molecule has 0 spiro atoms. The highest BCUT2D eigenvalue weighted by Gasteiger charge is 2.17. The Morgan fingerprint density at radius 3 is 2.80 bits per heavy atom. The Hall–Kier alpha value is -0.930. The molecular weight excluding hydrogens is 217 g/mol. The van der Waals surface area contributed by atoms with Gasteiger partial charge in [-0.3, -0.25) is 4.79 Å². The Bertz CT molecular complexity index is 350. The van der Waals surface area contributed by atoms with Gasteiger partial charge in [-0.1, -0.05) is 6.07 Å². The second-order valence-corrected chi connectivity index (χ2v) is 3.59. The average molecular weight is 230 g/mol. The fourth-order valence-electron chi connectivity index (χ4n) is 1.83. The molecule has 15 heavy (non-hydrogen) atoms. The number of carbonyl (C=O) groups excluding carboxylic acids is 1. The van der Waals surface area contributed by atoms with Crippen molar-refractivity contribution in [2.45, 2.75) is 12.3 Å². The lowest BCUT2D eigenvalue weighted by molar-refractivity contribution is 0.112. The molecule has 1 unspecified atom stereocenters. The lowest BCUT2D eigenvalue weighted by atomic mass is 9.97. The van der Waals surface area contributed by atoms with Crippen LogP contribution in [0.15, 0.2) is 18.2 Å². The van der Waals surface area contributed by atoms with E-state index < -0.39 is 5.82 Å². The van der Waals surface area contributed by atoms with Crippen LogP contribution in [0, 0.1) is 5.82 Å². The first-order valence-corrected chi connectivity index (χ1v) is 4.76. The maximum atomic E-state index is 13.3. The van der Waals surface area contributed by atoms with E-state index in [0.717, 1.165) is 25.1 Å². The number of nitrogens with one attached hydrogen (secondary N) is 1. The standard InChI is InChI=1S/C11H12FNO.ClH/c12-11-5-8(1-2-10(11)7-14)9-3-4-13-6-9;/h1-2,5,7,9,13H,3-4,6H2;1H. The van der Waals surface area contributed by atoms with Crippen LogP contribution in [-0.4, -0.2) is 19.4 Å². The molecule has 1 atom stereocenters. The molecule has 1 fully saturated rings. The van der Waals surface area contributed by atoms with Gasteiger partial charge in [0.1, 0.15) is 5.82 Å². The fraction of sp³-hybridized carbons (Fsp3) is 0.364. The molecule has 0 bridgehead atoms. The van der Waals surface area contributed by atoms with Gasteiger partial charge >= 0.3 is 0 Å². The van der Waals surface area contributed by atoms with E-state index in [1.165, 1.54) is 6.07 Å². The average Bonchev–Trinajstić information content (AvgIpc) is 2.70. The summed E-state index contributed by atoms with van der Waals surface area (Å²) in [5.74, 6) is -0.0189. The summed E-state index contributed by atoms with van der Waals surface area (Å²) in [6, 6.07) is 4.86. The molecule has 1 aromatic rings. The monoisotopic (exact) mass is 229 g/mol. The first kappa shape index (κ1) is 12.1. The molecule has 0 aliphatic carbocycles. The van der Waals surface area contributed by atoms with Gasteiger partial charge in [0.05, 0.1) is 5.56 Å². The molecule has 1 aliphatic heterocycles. The van der Waals surface area contributed by atoms with Crippen molar-refractivity contribution in [3.05, 3.63) is 35.1 Å². The number of halogens is 2. The Kier molecular flexibility index (Phi) is 4.24. The zero-order chi connectivity index (χ0) is 9.97. The van der Waals surface area contributed by atoms with E-state index >= 15 is 0 Å². The van der Waals surface area contributed by atoms with Crippen LogP contribution in [-0.2, 0) is 0 Å². The van der Waals surface area contributed by atoms with E-state index in [1.807, 2.05) is 6.07 Å². The summed E-state index contributed by atoms with van der Waals surface area (Å²) < 4.78 is 13.3. The largest absolute Gasteiger partial charge is 0.316 e. The van der Waals surface area contributed by atoms with E-state index in [9.17, 15) is 9.18 Å². The third-order valence-corrected chi connectivity index (χ3v) is 2.68. The van der Waals surface area contributed by atoms with Crippen LogP contribution >= 0.6 is 12.4 Å². The summed E-state index contributed by atoms with van der Waals surface area (Å²) in [7, 11) is 0. The maximum absolute atomic E-state index is 13.3. The van der Waals surface area contributed by atoms with E-state index in [1.54, 1.807) is 6.07 Å². The summed E-state index contributed by atoms with van der Waals surface area (Å²) in [6.45, 7) is 1.89. The minimum Gasteiger partial charge on any atom is -0.316 e. The molecule has 1 aliphatic rings. The highest BCUT2D eigenvalue weighted by molar-refractivity contribution is 5.85. The lowest BCUT2D eigenvalue weighted by Gasteiger charge is -2.08. The molecule has 1 heterocycles. The minimum atomic E-state index is -0.413. The van der Waals surface area contributed by atoms with Gasteiger partial charge in [-0.15, -0.1) is 12.4 Å². The number of carbonyl (C=O) groups is 1. The smallest absolute Gasteiger partial charge is 0.152 e. The maximum Gasteiger partial charge on any atom is 0.152 e. The second kappa shape index (κ2) is 5.24. The lowest BCUT2D eigenvalue weighted by Crippen LogP contribution is -2.08. The van der Waals surface area contributed by atoms with Crippen molar-refractivity contribution in [3.63, 3.8) is 0 Å². The van der Waals surface area contributed by atoms with Crippen LogP contribution in [0.1, 0.15) is 28.3 Å². The predicted octanol–water partition coefficient (Wildman–Crippen LogP) is 2.14. The summed E-state index contributed by atoms with van der Waals surface area (Å²) in [4.78, 5) is 10.4. The highest BCUT2D eigenvalue weighted by atomic mass is 35.5. The van der Waals surface area contributed by atoms with E-state index in [-0.39, 0.29) is 18.0 Å². The molecule has 1 saturated heterocycles. The van der Waals surface area contributed by atoms with Crippen molar-refractivity contribution in [1.29, 1.82) is 0 Å². The molecule has 2 rings (SSSR count). The molecule has 0 aromatic heterocycles. The van der Waals surface area contributed by atoms with Gasteiger partial charge in [0.2, 0.25) is 0 Å². The molecule has 4 heteroatoms. The third kappa shape index (κ3) is 2.55. The first-order valence-electron chi connectivity index (χ1n) is 4.76. The third-order valence-electron chi connectivity index (χ3n) is 2.68. The van der Waals surface area contributed by atoms with Gasteiger partial charge in [0.15, 0.2) is 6.29 Å². The summed E-state index contributed by atoms with van der Waals surface area (Å²) >= 11 is 0. The zero-order valence-corrected chi connectivity index (χ0v) is 9.02. The van der Waals surface area contributed by atoms with E-state index in [0.29, 0.717) is 12.2 Å². The predicted molar refractivity (Wildman–Crippen MR) is 59.3 cm³/mol. The van der Waals surface area contributed by atoms with Gasteiger partial charge in [-0.25, -0.2) is 4.39 Å². The number of aldehydes is 1. The van der Waals surface area contributed by atoms with Gasteiger partial charge in [0.25, 0.3) is 0 Å². The van der Waals surface area contributed by atoms with Gasteiger partial charge in [-0.2, -0.15) is 0 Å². The first-order chi connectivity index (χ1) is 6.81. The molecule has 0 radical (unpaired) electrons. The van der Waals surface area contributed by atoms with Gasteiger partial charge in [-0.05, 0) is 36.6 Å². The Morgan fingerprint density at radius 2 is 2.27 bits per heavy atom. The molecule has 1 aromatic carbocycles. The minimum absolute atomic E-state index is 0. The van der Waals surface area contributed by atoms with Crippen molar-refractivity contribution >= 4 is 18.7 Å². The number of benzene rings is 1. The van der Waals surface area contributed by atoms with Crippen molar-refractivity contribution < 1.29 is 9.18 Å². The quantitative estimate of drug-likeness (QED) is 0.788. The SMILES string of the molecule is Cl.O=Cc1ccc(C2CCNC2)cc1F. The van der Waals surface area contributed by atoms with Gasteiger partial charge in [0, 0.05) is 6.54 Å². The zero-order valence-electron chi connectivity index (χ0n) is 8.20. The summed E-state index contributed by atoms with van der Waals surface area (Å²) in [5, 5.41) is 3.23. The van der Waals surface area contributed by atoms with Crippen molar-refractivity contribution in [3.8, 4) is 0 Å². The number of hydrogen-bond donors (Lipinski definition) is 1. The summed E-state index contributed by atoms with van der Waals surface area (Å²) in [6.07, 6.45) is 1.59. The molecule has 2 nitrogen and oxygen atoms in total. The molecule has 0 saturated carbocycles. The summed E-state index contributed by atoms with van der Waals surface area (Å²) in [5.41, 5.74) is 1.12. The number of rotatable bonds is 2. The van der Waals surface area contributed by atoms with Crippen LogP contribution in [0.25, 0.3) is 0 Å². The second-order valence-electron chi connectivity index (χ2n) is 3.59. The topological polar surface area (TPSA) is 29.1 Å². The molecule has 82 valence electrons. The molecule has 0 amide bonds. The van der Waals surface area contributed by atoms with Gasteiger partial charge < -0.3 is 5.32 Å². The van der Waals surface area contributed by atoms with Crippen LogP contribution in [0.3, 0.4) is 0 Å². The fourth-order valence-corrected chi connectivity index (χ4v) is 1.83. The van der Waals surface area contributed by atoms with Crippen LogP contribution in [0.5, 0.6) is 0 Å². The van der Waals surface area contributed by atoms with Crippen molar-refractivity contribution in [2.75, 3.05) is 13.1 Å². The van der Waals surface area contributed by atoms with Crippen LogP contribution in [0.4, 0.5) is 4.39 Å². The highest BCUT2D eigenvalue weighted by Crippen LogP contribution is 2.23. The van der Waals surface area contributed by atoms with E-state index in [4.69, 9.17) is 0 Å². The van der Waals surface area contributed by atoms with Crippen LogP contribution < -0.4 is 5.32 Å². The Labute approximate surface area is 94.3 Å². The van der Waals surface area contributed by atoms with Crippen LogP contribution in [0.2, 0.25) is 0 Å². The Balaban J connectivity index is 0.00000112. The van der Waals surface area contributed by atoms with Crippen molar-refractivity contribution in [2.24, 2.45) is 0 Å². The molecule has 1 N–H and O–H groups in total.